The number of fused-ring (bicyclic) bond motifs is 1. The molecule has 152 valence electrons. The number of piperazine rings is 1. The summed E-state index contributed by atoms with van der Waals surface area (Å²) in [6.45, 7) is 2.80. The van der Waals surface area contributed by atoms with E-state index in [1.165, 1.54) is 11.8 Å². The van der Waals surface area contributed by atoms with Crippen molar-refractivity contribution in [2.24, 2.45) is 0 Å². The Hall–Kier alpha value is -2.72. The predicted octanol–water partition coefficient (Wildman–Crippen LogP) is -0.388. The molecular formula is C19H20N4O5S. The lowest BCUT2D eigenvalue weighted by Gasteiger charge is -2.28. The van der Waals surface area contributed by atoms with E-state index >= 15 is 0 Å². The molecule has 2 saturated heterocycles. The van der Waals surface area contributed by atoms with E-state index < -0.39 is 29.7 Å². The molecular weight excluding hydrogens is 396 g/mol. The number of benzene rings is 1. The predicted molar refractivity (Wildman–Crippen MR) is 103 cm³/mol. The van der Waals surface area contributed by atoms with Crippen molar-refractivity contribution in [2.75, 3.05) is 31.9 Å². The van der Waals surface area contributed by atoms with Crippen molar-refractivity contribution in [3.63, 3.8) is 0 Å². The summed E-state index contributed by atoms with van der Waals surface area (Å²) in [4.78, 5) is 65.1. The number of carbonyl (C=O) groups is 5. The molecule has 1 aromatic rings. The average molecular weight is 416 g/mol. The molecule has 0 spiro atoms. The van der Waals surface area contributed by atoms with Crippen LogP contribution in [0.4, 0.5) is 0 Å². The lowest BCUT2D eigenvalue weighted by Crippen LogP contribution is -2.54. The van der Waals surface area contributed by atoms with Gasteiger partial charge in [0, 0.05) is 37.5 Å². The Bertz CT molecular complexity index is 912. The van der Waals surface area contributed by atoms with Crippen molar-refractivity contribution in [3.05, 3.63) is 29.3 Å². The van der Waals surface area contributed by atoms with Gasteiger partial charge in [0.2, 0.25) is 17.7 Å². The van der Waals surface area contributed by atoms with Gasteiger partial charge in [0.15, 0.2) is 0 Å². The van der Waals surface area contributed by atoms with Crippen LogP contribution in [-0.4, -0.2) is 77.3 Å². The van der Waals surface area contributed by atoms with Crippen LogP contribution in [0.5, 0.6) is 0 Å². The van der Waals surface area contributed by atoms with Crippen molar-refractivity contribution in [3.8, 4) is 0 Å². The van der Waals surface area contributed by atoms with Gasteiger partial charge >= 0.3 is 0 Å². The highest BCUT2D eigenvalue weighted by Gasteiger charge is 2.45. The maximum Gasteiger partial charge on any atom is 0.263 e. The van der Waals surface area contributed by atoms with Crippen molar-refractivity contribution < 1.29 is 24.0 Å². The quantitative estimate of drug-likeness (QED) is 0.507. The normalized spacial score (nSPS) is 22.0. The summed E-state index contributed by atoms with van der Waals surface area (Å²) < 4.78 is 0. The van der Waals surface area contributed by atoms with Gasteiger partial charge in [-0.1, -0.05) is 6.07 Å². The molecule has 0 aromatic heterocycles. The fourth-order valence-corrected chi connectivity index (χ4v) is 4.73. The Balaban J connectivity index is 1.52. The minimum atomic E-state index is -1.000. The largest absolute Gasteiger partial charge is 0.339 e. The standard InChI is InChI=1S/C19H20N4O5S/c24-14-5-4-12(17(26)21-14)23-18(27)11-2-1-3-13(16(11)19(23)28)29-10-15(25)22-8-6-20-7-9-22/h1-3,12,20H,4-10H2,(H,21,24,26). The zero-order valence-corrected chi connectivity index (χ0v) is 16.4. The Labute approximate surface area is 171 Å². The number of thioether (sulfide) groups is 1. The van der Waals surface area contributed by atoms with E-state index in [2.05, 4.69) is 10.6 Å². The first-order chi connectivity index (χ1) is 14.0. The van der Waals surface area contributed by atoms with Crippen LogP contribution >= 0.6 is 11.8 Å². The van der Waals surface area contributed by atoms with E-state index in [-0.39, 0.29) is 35.6 Å². The van der Waals surface area contributed by atoms with Gasteiger partial charge in [-0.15, -0.1) is 11.8 Å². The highest BCUT2D eigenvalue weighted by molar-refractivity contribution is 8.00. The molecule has 0 saturated carbocycles. The molecule has 3 aliphatic rings. The molecule has 1 unspecified atom stereocenters. The molecule has 2 fully saturated rings. The van der Waals surface area contributed by atoms with Crippen molar-refractivity contribution in [1.29, 1.82) is 0 Å². The van der Waals surface area contributed by atoms with Gasteiger partial charge in [0.1, 0.15) is 6.04 Å². The number of hydrogen-bond acceptors (Lipinski definition) is 7. The van der Waals surface area contributed by atoms with Gasteiger partial charge in [-0.2, -0.15) is 0 Å². The second kappa shape index (κ2) is 7.96. The number of carbonyl (C=O) groups excluding carboxylic acids is 5. The monoisotopic (exact) mass is 416 g/mol. The zero-order valence-electron chi connectivity index (χ0n) is 15.6. The third kappa shape index (κ3) is 3.65. The third-order valence-electron chi connectivity index (χ3n) is 5.25. The summed E-state index contributed by atoms with van der Waals surface area (Å²) in [5.74, 6) is -2.01. The summed E-state index contributed by atoms with van der Waals surface area (Å²) in [6.07, 6.45) is 0.185. The number of nitrogens with zero attached hydrogens (tertiary/aromatic N) is 2. The Morgan fingerprint density at radius 1 is 1.10 bits per heavy atom. The summed E-state index contributed by atoms with van der Waals surface area (Å²) in [5, 5.41) is 5.37. The van der Waals surface area contributed by atoms with Gasteiger partial charge in [-0.05, 0) is 18.6 Å². The topological polar surface area (TPSA) is 116 Å². The maximum atomic E-state index is 13.0. The van der Waals surface area contributed by atoms with Crippen LogP contribution in [0, 0.1) is 0 Å². The second-order valence-corrected chi connectivity index (χ2v) is 8.06. The van der Waals surface area contributed by atoms with E-state index in [1.807, 2.05) is 0 Å². The summed E-state index contributed by atoms with van der Waals surface area (Å²) in [7, 11) is 0. The number of amides is 5. The summed E-state index contributed by atoms with van der Waals surface area (Å²) in [6, 6.07) is 3.91. The molecule has 0 radical (unpaired) electrons. The Morgan fingerprint density at radius 2 is 1.86 bits per heavy atom. The molecule has 0 bridgehead atoms. The smallest absolute Gasteiger partial charge is 0.263 e. The summed E-state index contributed by atoms with van der Waals surface area (Å²) in [5.41, 5.74) is 0.444. The minimum absolute atomic E-state index is 0.0205. The maximum absolute atomic E-state index is 13.0. The van der Waals surface area contributed by atoms with Crippen LogP contribution in [0.2, 0.25) is 0 Å². The molecule has 1 aromatic carbocycles. The lowest BCUT2D eigenvalue weighted by molar-refractivity contribution is -0.136. The van der Waals surface area contributed by atoms with Gasteiger partial charge in [-0.25, -0.2) is 0 Å². The van der Waals surface area contributed by atoms with Gasteiger partial charge in [-0.3, -0.25) is 34.2 Å². The molecule has 0 aliphatic carbocycles. The van der Waals surface area contributed by atoms with Crippen LogP contribution in [0.3, 0.4) is 0 Å². The van der Waals surface area contributed by atoms with E-state index in [4.69, 9.17) is 0 Å². The molecule has 10 heteroatoms. The molecule has 3 heterocycles. The fraction of sp³-hybridized carbons (Fsp3) is 0.421. The van der Waals surface area contributed by atoms with Gasteiger partial charge < -0.3 is 10.2 Å². The second-order valence-electron chi connectivity index (χ2n) is 7.05. The number of nitrogens with one attached hydrogen (secondary N) is 2. The highest BCUT2D eigenvalue weighted by atomic mass is 32.2. The summed E-state index contributed by atoms with van der Waals surface area (Å²) >= 11 is 1.22. The number of rotatable bonds is 4. The van der Waals surface area contributed by atoms with E-state index in [0.29, 0.717) is 18.0 Å². The van der Waals surface area contributed by atoms with Crippen molar-refractivity contribution in [2.45, 2.75) is 23.8 Å². The van der Waals surface area contributed by atoms with E-state index in [9.17, 15) is 24.0 Å². The van der Waals surface area contributed by atoms with Crippen LogP contribution in [-0.2, 0) is 14.4 Å². The minimum Gasteiger partial charge on any atom is -0.339 e. The Morgan fingerprint density at radius 3 is 2.59 bits per heavy atom. The number of hydrogen-bond donors (Lipinski definition) is 2. The van der Waals surface area contributed by atoms with Crippen LogP contribution in [0.1, 0.15) is 33.6 Å². The zero-order chi connectivity index (χ0) is 20.5. The average Bonchev–Trinajstić information content (AvgIpc) is 2.98. The molecule has 4 rings (SSSR count). The van der Waals surface area contributed by atoms with Crippen LogP contribution in [0.15, 0.2) is 23.1 Å². The first-order valence-electron chi connectivity index (χ1n) is 9.43. The molecule has 5 amide bonds. The first-order valence-corrected chi connectivity index (χ1v) is 10.4. The van der Waals surface area contributed by atoms with Crippen LogP contribution < -0.4 is 10.6 Å². The first kappa shape index (κ1) is 19.6. The molecule has 9 nitrogen and oxygen atoms in total. The van der Waals surface area contributed by atoms with E-state index in [1.54, 1.807) is 23.1 Å². The molecule has 2 N–H and O–H groups in total. The molecule has 3 aliphatic heterocycles. The third-order valence-corrected chi connectivity index (χ3v) is 6.29. The van der Waals surface area contributed by atoms with Crippen molar-refractivity contribution >= 4 is 41.3 Å². The highest BCUT2D eigenvalue weighted by Crippen LogP contribution is 2.34. The lowest BCUT2D eigenvalue weighted by atomic mass is 10.0. The Kier molecular flexibility index (Phi) is 5.37. The number of piperidine rings is 1. The van der Waals surface area contributed by atoms with Gasteiger partial charge in [0.25, 0.3) is 11.8 Å². The molecule has 1 atom stereocenters. The van der Waals surface area contributed by atoms with Crippen molar-refractivity contribution in [1.82, 2.24) is 20.4 Å². The number of imide groups is 2. The van der Waals surface area contributed by atoms with Gasteiger partial charge in [0.05, 0.1) is 16.9 Å². The fourth-order valence-electron chi connectivity index (χ4n) is 3.75. The SMILES string of the molecule is O=C1CCC(N2C(=O)c3cccc(SCC(=O)N4CCNCC4)c3C2=O)C(=O)N1. The van der Waals surface area contributed by atoms with E-state index in [0.717, 1.165) is 18.0 Å². The van der Waals surface area contributed by atoms with Crippen LogP contribution in [0.25, 0.3) is 0 Å². The molecule has 29 heavy (non-hydrogen) atoms.